The first-order chi connectivity index (χ1) is 12.0. The van der Waals surface area contributed by atoms with Crippen molar-refractivity contribution in [2.24, 2.45) is 0 Å². The summed E-state index contributed by atoms with van der Waals surface area (Å²) in [6.45, 7) is 6.92. The molecule has 0 saturated carbocycles. The van der Waals surface area contributed by atoms with Gasteiger partial charge in [0, 0.05) is 11.6 Å². The van der Waals surface area contributed by atoms with Gasteiger partial charge in [0.2, 0.25) is 0 Å². The van der Waals surface area contributed by atoms with Gasteiger partial charge in [-0.05, 0) is 55.7 Å². The molecule has 4 nitrogen and oxygen atoms in total. The standard InChI is InChI=1S/C21H20O4/c1-4-5-20(22)24-18-10-6-16(7-11-18)14-17-8-12-19(13-9-17)25-21(23)15(2)3/h4-13H,2,14H2,1,3H3. The fourth-order valence-electron chi connectivity index (χ4n) is 2.07. The third kappa shape index (κ3) is 5.77. The molecule has 0 spiro atoms. The van der Waals surface area contributed by atoms with Gasteiger partial charge in [-0.1, -0.05) is 36.9 Å². The number of ether oxygens (including phenoxy) is 2. The first kappa shape index (κ1) is 18.2. The van der Waals surface area contributed by atoms with Gasteiger partial charge in [-0.15, -0.1) is 0 Å². The minimum Gasteiger partial charge on any atom is -0.423 e. The average Bonchev–Trinajstić information content (AvgIpc) is 2.58. The van der Waals surface area contributed by atoms with Crippen molar-refractivity contribution in [2.75, 3.05) is 0 Å². The summed E-state index contributed by atoms with van der Waals surface area (Å²) in [4.78, 5) is 22.9. The van der Waals surface area contributed by atoms with Crippen LogP contribution in [0, 0.1) is 0 Å². The number of benzene rings is 2. The van der Waals surface area contributed by atoms with E-state index < -0.39 is 11.9 Å². The summed E-state index contributed by atoms with van der Waals surface area (Å²) < 4.78 is 10.3. The zero-order valence-corrected chi connectivity index (χ0v) is 14.3. The van der Waals surface area contributed by atoms with Crippen molar-refractivity contribution in [3.8, 4) is 11.5 Å². The Morgan fingerprint density at radius 3 is 1.84 bits per heavy atom. The molecule has 0 radical (unpaired) electrons. The highest BCUT2D eigenvalue weighted by Crippen LogP contribution is 2.18. The first-order valence-corrected chi connectivity index (χ1v) is 7.88. The molecule has 0 aromatic heterocycles. The van der Waals surface area contributed by atoms with Crippen LogP contribution >= 0.6 is 0 Å². The quantitative estimate of drug-likeness (QED) is 0.450. The van der Waals surface area contributed by atoms with Gasteiger partial charge in [0.25, 0.3) is 0 Å². The third-order valence-corrected chi connectivity index (χ3v) is 3.34. The summed E-state index contributed by atoms with van der Waals surface area (Å²) in [6, 6.07) is 14.7. The lowest BCUT2D eigenvalue weighted by Crippen LogP contribution is -2.08. The molecule has 2 aromatic carbocycles. The van der Waals surface area contributed by atoms with Crippen molar-refractivity contribution in [1.29, 1.82) is 0 Å². The second kappa shape index (κ2) is 8.64. The Morgan fingerprint density at radius 2 is 1.40 bits per heavy atom. The highest BCUT2D eigenvalue weighted by molar-refractivity contribution is 5.88. The lowest BCUT2D eigenvalue weighted by Gasteiger charge is -2.07. The highest BCUT2D eigenvalue weighted by atomic mass is 16.5. The number of hydrogen-bond acceptors (Lipinski definition) is 4. The smallest absolute Gasteiger partial charge is 0.338 e. The van der Waals surface area contributed by atoms with E-state index in [9.17, 15) is 9.59 Å². The number of allylic oxidation sites excluding steroid dienone is 1. The number of esters is 2. The summed E-state index contributed by atoms with van der Waals surface area (Å²) in [5.41, 5.74) is 2.52. The van der Waals surface area contributed by atoms with Crippen LogP contribution in [0.4, 0.5) is 0 Å². The minimum atomic E-state index is -0.434. The summed E-state index contributed by atoms with van der Waals surface area (Å²) >= 11 is 0. The zero-order valence-electron chi connectivity index (χ0n) is 14.3. The third-order valence-electron chi connectivity index (χ3n) is 3.34. The van der Waals surface area contributed by atoms with Gasteiger partial charge < -0.3 is 9.47 Å². The fourth-order valence-corrected chi connectivity index (χ4v) is 2.07. The summed E-state index contributed by atoms with van der Waals surface area (Å²) in [6.07, 6.45) is 3.72. The SMILES string of the molecule is C=C(C)C(=O)Oc1ccc(Cc2ccc(OC(=O)C=CC)cc2)cc1. The van der Waals surface area contributed by atoms with Crippen LogP contribution in [-0.4, -0.2) is 11.9 Å². The molecule has 0 saturated heterocycles. The molecule has 0 bridgehead atoms. The Hall–Kier alpha value is -3.14. The van der Waals surface area contributed by atoms with E-state index in [-0.39, 0.29) is 0 Å². The number of rotatable bonds is 6. The Bertz CT molecular complexity index is 784. The molecule has 0 N–H and O–H groups in total. The molecule has 0 amide bonds. The lowest BCUT2D eigenvalue weighted by atomic mass is 10.0. The van der Waals surface area contributed by atoms with Crippen molar-refractivity contribution in [2.45, 2.75) is 20.3 Å². The van der Waals surface area contributed by atoms with E-state index in [1.165, 1.54) is 6.08 Å². The monoisotopic (exact) mass is 336 g/mol. The first-order valence-electron chi connectivity index (χ1n) is 7.88. The predicted octanol–water partition coefficient (Wildman–Crippen LogP) is 4.24. The van der Waals surface area contributed by atoms with Crippen molar-refractivity contribution in [1.82, 2.24) is 0 Å². The van der Waals surface area contributed by atoms with Crippen LogP contribution in [0.1, 0.15) is 25.0 Å². The maximum atomic E-state index is 11.5. The molecule has 0 aliphatic rings. The fraction of sp³-hybridized carbons (Fsp3) is 0.143. The van der Waals surface area contributed by atoms with Gasteiger partial charge in [0.1, 0.15) is 11.5 Å². The summed E-state index contributed by atoms with van der Waals surface area (Å²) in [7, 11) is 0. The predicted molar refractivity (Wildman–Crippen MR) is 96.6 cm³/mol. The highest BCUT2D eigenvalue weighted by Gasteiger charge is 2.06. The van der Waals surface area contributed by atoms with Crippen LogP contribution in [0.15, 0.2) is 72.8 Å². The van der Waals surface area contributed by atoms with Crippen molar-refractivity contribution in [3.05, 3.63) is 84.0 Å². The zero-order chi connectivity index (χ0) is 18.2. The van der Waals surface area contributed by atoms with Crippen molar-refractivity contribution < 1.29 is 19.1 Å². The van der Waals surface area contributed by atoms with E-state index in [1.807, 2.05) is 24.3 Å². The number of carbonyl (C=O) groups is 2. The second-order valence-electron chi connectivity index (χ2n) is 5.56. The van der Waals surface area contributed by atoms with Gasteiger partial charge >= 0.3 is 11.9 Å². The number of hydrogen-bond donors (Lipinski definition) is 0. The average molecular weight is 336 g/mol. The van der Waals surface area contributed by atoms with Crippen molar-refractivity contribution in [3.63, 3.8) is 0 Å². The van der Waals surface area contributed by atoms with Gasteiger partial charge in [-0.25, -0.2) is 9.59 Å². The van der Waals surface area contributed by atoms with E-state index in [0.717, 1.165) is 17.5 Å². The minimum absolute atomic E-state index is 0.360. The molecule has 0 aliphatic carbocycles. The van der Waals surface area contributed by atoms with Crippen LogP contribution in [0.2, 0.25) is 0 Å². The Kier molecular flexibility index (Phi) is 6.29. The van der Waals surface area contributed by atoms with Crippen LogP contribution in [0.3, 0.4) is 0 Å². The van der Waals surface area contributed by atoms with E-state index in [1.54, 1.807) is 44.2 Å². The molecule has 128 valence electrons. The largest absolute Gasteiger partial charge is 0.423 e. The Morgan fingerprint density at radius 1 is 0.920 bits per heavy atom. The van der Waals surface area contributed by atoms with Gasteiger partial charge in [0.05, 0.1) is 0 Å². The van der Waals surface area contributed by atoms with E-state index >= 15 is 0 Å². The maximum Gasteiger partial charge on any atom is 0.338 e. The molecule has 0 unspecified atom stereocenters. The Balaban J connectivity index is 1.96. The second-order valence-corrected chi connectivity index (χ2v) is 5.56. The molecule has 0 atom stereocenters. The summed E-state index contributed by atoms with van der Waals surface area (Å²) in [5.74, 6) is 0.169. The molecule has 4 heteroatoms. The normalized spacial score (nSPS) is 10.5. The Labute approximate surface area is 147 Å². The van der Waals surface area contributed by atoms with E-state index in [2.05, 4.69) is 6.58 Å². The van der Waals surface area contributed by atoms with E-state index in [4.69, 9.17) is 9.47 Å². The molecule has 2 rings (SSSR count). The van der Waals surface area contributed by atoms with Crippen LogP contribution in [0.25, 0.3) is 0 Å². The lowest BCUT2D eigenvalue weighted by molar-refractivity contribution is -0.130. The topological polar surface area (TPSA) is 52.6 Å². The molecular weight excluding hydrogens is 316 g/mol. The van der Waals surface area contributed by atoms with Crippen LogP contribution in [-0.2, 0) is 16.0 Å². The molecule has 0 fully saturated rings. The molecule has 0 aliphatic heterocycles. The summed E-state index contributed by atoms with van der Waals surface area (Å²) in [5, 5.41) is 0. The molecule has 25 heavy (non-hydrogen) atoms. The molecule has 0 heterocycles. The number of carbonyl (C=O) groups excluding carboxylic acids is 2. The molecular formula is C21H20O4. The van der Waals surface area contributed by atoms with Crippen molar-refractivity contribution >= 4 is 11.9 Å². The van der Waals surface area contributed by atoms with Gasteiger partial charge in [-0.2, -0.15) is 0 Å². The van der Waals surface area contributed by atoms with E-state index in [0.29, 0.717) is 17.1 Å². The molecule has 2 aromatic rings. The van der Waals surface area contributed by atoms with Gasteiger partial charge in [-0.3, -0.25) is 0 Å². The van der Waals surface area contributed by atoms with Crippen LogP contribution < -0.4 is 9.47 Å². The maximum absolute atomic E-state index is 11.5. The van der Waals surface area contributed by atoms with Crippen LogP contribution in [0.5, 0.6) is 11.5 Å². The van der Waals surface area contributed by atoms with Gasteiger partial charge in [0.15, 0.2) is 0 Å².